The highest BCUT2D eigenvalue weighted by Gasteiger charge is 2.16. The first kappa shape index (κ1) is 16.7. The van der Waals surface area contributed by atoms with E-state index < -0.39 is 9.84 Å². The molecule has 0 bridgehead atoms. The number of rotatable bonds is 6. The fourth-order valence-corrected chi connectivity index (χ4v) is 3.26. The van der Waals surface area contributed by atoms with Crippen molar-refractivity contribution >= 4 is 21.4 Å². The summed E-state index contributed by atoms with van der Waals surface area (Å²) in [6.45, 7) is 0. The van der Waals surface area contributed by atoms with Crippen LogP contribution in [0.5, 0.6) is 0 Å². The molecular weight excluding hydrogens is 312 g/mol. The summed E-state index contributed by atoms with van der Waals surface area (Å²) in [5.74, 6) is -0.604. The molecule has 0 fully saturated rings. The molecule has 0 radical (unpaired) electrons. The van der Waals surface area contributed by atoms with E-state index in [1.54, 1.807) is 42.5 Å². The van der Waals surface area contributed by atoms with Crippen LogP contribution in [0.25, 0.3) is 0 Å². The molecule has 0 saturated heterocycles. The van der Waals surface area contributed by atoms with Crippen LogP contribution in [0.2, 0.25) is 0 Å². The van der Waals surface area contributed by atoms with Crippen molar-refractivity contribution in [2.24, 2.45) is 0 Å². The summed E-state index contributed by atoms with van der Waals surface area (Å²) in [7, 11) is -3.46. The lowest BCUT2D eigenvalue weighted by Crippen LogP contribution is -2.17. The highest BCUT2D eigenvalue weighted by molar-refractivity contribution is 7.91. The Balaban J connectivity index is 1.91. The molecule has 5 nitrogen and oxygen atoms in total. The third kappa shape index (κ3) is 4.94. The van der Waals surface area contributed by atoms with Gasteiger partial charge >= 0.3 is 0 Å². The van der Waals surface area contributed by atoms with Gasteiger partial charge < -0.3 is 5.32 Å². The lowest BCUT2D eigenvalue weighted by Gasteiger charge is -2.07. The molecule has 0 aliphatic carbocycles. The molecule has 1 N–H and O–H groups in total. The molecule has 1 amide bonds. The van der Waals surface area contributed by atoms with Crippen LogP contribution in [0.4, 0.5) is 5.69 Å². The largest absolute Gasteiger partial charge is 0.326 e. The van der Waals surface area contributed by atoms with Crippen molar-refractivity contribution < 1.29 is 13.2 Å². The number of nitriles is 1. The second-order valence-electron chi connectivity index (χ2n) is 4.96. The molecule has 0 heterocycles. The van der Waals surface area contributed by atoms with Crippen LogP contribution in [-0.2, 0) is 21.1 Å². The van der Waals surface area contributed by atoms with E-state index in [1.807, 2.05) is 6.07 Å². The predicted octanol–water partition coefficient (Wildman–Crippen LogP) is 2.56. The Morgan fingerprint density at radius 1 is 1.04 bits per heavy atom. The van der Waals surface area contributed by atoms with Gasteiger partial charge in [0.05, 0.1) is 23.1 Å². The molecule has 0 aromatic heterocycles. The molecule has 0 unspecified atom stereocenters. The maximum Gasteiger partial charge on any atom is 0.225 e. The van der Waals surface area contributed by atoms with E-state index in [0.717, 1.165) is 5.56 Å². The van der Waals surface area contributed by atoms with Gasteiger partial charge in [0.15, 0.2) is 9.84 Å². The third-order valence-electron chi connectivity index (χ3n) is 3.22. The zero-order valence-electron chi connectivity index (χ0n) is 12.4. The van der Waals surface area contributed by atoms with Crippen molar-refractivity contribution in [2.45, 2.75) is 17.7 Å². The summed E-state index contributed by atoms with van der Waals surface area (Å²) < 4.78 is 24.2. The summed E-state index contributed by atoms with van der Waals surface area (Å²) in [6, 6.07) is 17.0. The number of sulfone groups is 1. The highest BCUT2D eigenvalue weighted by Crippen LogP contribution is 2.13. The summed E-state index contributed by atoms with van der Waals surface area (Å²) in [5, 5.41) is 11.2. The zero-order valence-corrected chi connectivity index (χ0v) is 13.2. The number of nitrogens with one attached hydrogen (secondary N) is 1. The number of anilines is 1. The van der Waals surface area contributed by atoms with Gasteiger partial charge in [0.1, 0.15) is 0 Å². The molecule has 2 aromatic rings. The van der Waals surface area contributed by atoms with Crippen LogP contribution >= 0.6 is 0 Å². The fraction of sp³-hybridized carbons (Fsp3) is 0.176. The molecule has 2 aromatic carbocycles. The average molecular weight is 328 g/mol. The molecule has 0 aliphatic rings. The van der Waals surface area contributed by atoms with Crippen LogP contribution in [0.3, 0.4) is 0 Å². The second-order valence-corrected chi connectivity index (χ2v) is 7.07. The fourth-order valence-electron chi connectivity index (χ4n) is 1.99. The topological polar surface area (TPSA) is 87.0 Å². The third-order valence-corrected chi connectivity index (χ3v) is 4.95. The minimum Gasteiger partial charge on any atom is -0.326 e. The Bertz CT molecular complexity index is 807. The Hall–Kier alpha value is -2.65. The maximum absolute atomic E-state index is 12.1. The molecule has 118 valence electrons. The van der Waals surface area contributed by atoms with E-state index in [-0.39, 0.29) is 23.0 Å². The van der Waals surface area contributed by atoms with Gasteiger partial charge in [0, 0.05) is 12.1 Å². The van der Waals surface area contributed by atoms with Gasteiger partial charge in [0.25, 0.3) is 0 Å². The summed E-state index contributed by atoms with van der Waals surface area (Å²) in [4.78, 5) is 12.1. The summed E-state index contributed by atoms with van der Waals surface area (Å²) in [5.41, 5.74) is 1.44. The van der Waals surface area contributed by atoms with Crippen LogP contribution < -0.4 is 5.32 Å². The lowest BCUT2D eigenvalue weighted by atomic mass is 10.1. The summed E-state index contributed by atoms with van der Waals surface area (Å²) in [6.07, 6.45) is 0.195. The standard InChI is InChI=1S/C17H16N2O3S/c18-12-10-14-6-8-15(9-7-14)19-17(20)11-13-23(21,22)16-4-2-1-3-5-16/h1-9H,10-11,13H2,(H,19,20). The Labute approximate surface area is 135 Å². The average Bonchev–Trinajstić information content (AvgIpc) is 2.56. The highest BCUT2D eigenvalue weighted by atomic mass is 32.2. The molecule has 0 aliphatic heterocycles. The molecule has 0 atom stereocenters. The minimum absolute atomic E-state index is 0.114. The van der Waals surface area contributed by atoms with Crippen molar-refractivity contribution in [2.75, 3.05) is 11.1 Å². The first-order chi connectivity index (χ1) is 11.0. The van der Waals surface area contributed by atoms with Gasteiger partial charge in [-0.25, -0.2) is 8.42 Å². The van der Waals surface area contributed by atoms with Crippen molar-refractivity contribution in [3.63, 3.8) is 0 Å². The van der Waals surface area contributed by atoms with E-state index in [1.165, 1.54) is 12.1 Å². The second kappa shape index (κ2) is 7.56. The zero-order chi connectivity index (χ0) is 16.7. The Kier molecular flexibility index (Phi) is 5.50. The maximum atomic E-state index is 12.1. The molecule has 6 heteroatoms. The summed E-state index contributed by atoms with van der Waals surface area (Å²) >= 11 is 0. The van der Waals surface area contributed by atoms with Gasteiger partial charge in [-0.05, 0) is 29.8 Å². The van der Waals surface area contributed by atoms with E-state index in [9.17, 15) is 13.2 Å². The normalized spacial score (nSPS) is 10.7. The van der Waals surface area contributed by atoms with Crippen molar-refractivity contribution in [3.8, 4) is 6.07 Å². The van der Waals surface area contributed by atoms with Crippen molar-refractivity contribution in [1.82, 2.24) is 0 Å². The quantitative estimate of drug-likeness (QED) is 0.883. The van der Waals surface area contributed by atoms with Crippen LogP contribution in [-0.4, -0.2) is 20.1 Å². The number of hydrogen-bond acceptors (Lipinski definition) is 4. The number of nitrogens with zero attached hydrogens (tertiary/aromatic N) is 1. The van der Waals surface area contributed by atoms with Crippen molar-refractivity contribution in [3.05, 3.63) is 60.2 Å². The van der Waals surface area contributed by atoms with Gasteiger partial charge in [-0.15, -0.1) is 0 Å². The molecule has 2 rings (SSSR count). The smallest absolute Gasteiger partial charge is 0.225 e. The minimum atomic E-state index is -3.46. The lowest BCUT2D eigenvalue weighted by molar-refractivity contribution is -0.115. The predicted molar refractivity (Wildman–Crippen MR) is 87.5 cm³/mol. The monoisotopic (exact) mass is 328 g/mol. The number of carbonyl (C=O) groups excluding carboxylic acids is 1. The van der Waals surface area contributed by atoms with Gasteiger partial charge in [0.2, 0.25) is 5.91 Å². The number of benzene rings is 2. The molecular formula is C17H16N2O3S. The van der Waals surface area contributed by atoms with Gasteiger partial charge in [-0.1, -0.05) is 30.3 Å². The Morgan fingerprint density at radius 2 is 1.70 bits per heavy atom. The van der Waals surface area contributed by atoms with Crippen molar-refractivity contribution in [1.29, 1.82) is 5.26 Å². The number of carbonyl (C=O) groups is 1. The molecule has 0 spiro atoms. The SMILES string of the molecule is N#CCc1ccc(NC(=O)CCS(=O)(=O)c2ccccc2)cc1. The van der Waals surface area contributed by atoms with Crippen LogP contribution in [0, 0.1) is 11.3 Å². The van der Waals surface area contributed by atoms with E-state index in [2.05, 4.69) is 5.32 Å². The van der Waals surface area contributed by atoms with Crippen LogP contribution in [0.1, 0.15) is 12.0 Å². The first-order valence-corrected chi connectivity index (χ1v) is 8.70. The Morgan fingerprint density at radius 3 is 2.30 bits per heavy atom. The molecule has 23 heavy (non-hydrogen) atoms. The van der Waals surface area contributed by atoms with E-state index >= 15 is 0 Å². The number of hydrogen-bond donors (Lipinski definition) is 1. The van der Waals surface area contributed by atoms with Gasteiger partial charge in [-0.2, -0.15) is 5.26 Å². The first-order valence-electron chi connectivity index (χ1n) is 7.05. The van der Waals surface area contributed by atoms with Crippen LogP contribution in [0.15, 0.2) is 59.5 Å². The van der Waals surface area contributed by atoms with E-state index in [4.69, 9.17) is 5.26 Å². The molecule has 0 saturated carbocycles. The van der Waals surface area contributed by atoms with E-state index in [0.29, 0.717) is 12.1 Å². The number of amides is 1. The van der Waals surface area contributed by atoms with Gasteiger partial charge in [-0.3, -0.25) is 4.79 Å².